The zero-order chi connectivity index (χ0) is 13.7. The minimum Gasteiger partial charge on any atom is -0.477 e. The molecule has 4 rings (SSSR count). The van der Waals surface area contributed by atoms with E-state index in [1.165, 1.54) is 33.2 Å². The number of carbonyl (C=O) groups is 1. The van der Waals surface area contributed by atoms with Crippen molar-refractivity contribution in [3.05, 3.63) is 58.5 Å². The van der Waals surface area contributed by atoms with Crippen molar-refractivity contribution < 1.29 is 9.90 Å². The fraction of sp³-hybridized carbons (Fsp3) is 0.118. The standard InChI is InChI=1S/C17H12O2S/c18-17(19)15-9-8-14(20-15)12-7-6-11-5-4-10-2-1-3-13(12)16(10)11/h1-3,6-9H,4-5H2,(H,18,19). The van der Waals surface area contributed by atoms with E-state index in [1.54, 1.807) is 6.07 Å². The van der Waals surface area contributed by atoms with E-state index >= 15 is 0 Å². The predicted molar refractivity (Wildman–Crippen MR) is 81.6 cm³/mol. The van der Waals surface area contributed by atoms with Crippen LogP contribution in [0.5, 0.6) is 0 Å². The molecule has 0 fully saturated rings. The molecule has 0 aliphatic heterocycles. The Labute approximate surface area is 120 Å². The summed E-state index contributed by atoms with van der Waals surface area (Å²) in [5.41, 5.74) is 3.97. The second kappa shape index (κ2) is 4.18. The van der Waals surface area contributed by atoms with Gasteiger partial charge in [-0.25, -0.2) is 4.79 Å². The summed E-state index contributed by atoms with van der Waals surface area (Å²) in [6, 6.07) is 14.3. The average molecular weight is 280 g/mol. The predicted octanol–water partition coefficient (Wildman–Crippen LogP) is 4.37. The van der Waals surface area contributed by atoms with Gasteiger partial charge in [0.25, 0.3) is 0 Å². The normalized spacial score (nSPS) is 13.0. The summed E-state index contributed by atoms with van der Waals surface area (Å²) < 4.78 is 0. The number of aromatic carboxylic acids is 1. The minimum absolute atomic E-state index is 0.392. The Bertz CT molecular complexity index is 835. The Hall–Kier alpha value is -2.13. The molecule has 1 aromatic heterocycles. The molecule has 0 unspecified atom stereocenters. The molecule has 0 bridgehead atoms. The number of rotatable bonds is 2. The van der Waals surface area contributed by atoms with Crippen molar-refractivity contribution in [2.24, 2.45) is 0 Å². The van der Waals surface area contributed by atoms with E-state index in [4.69, 9.17) is 5.11 Å². The van der Waals surface area contributed by atoms with Crippen LogP contribution in [0.4, 0.5) is 0 Å². The van der Waals surface area contributed by atoms with Crippen LogP contribution < -0.4 is 0 Å². The van der Waals surface area contributed by atoms with Gasteiger partial charge in [0.15, 0.2) is 0 Å². The highest BCUT2D eigenvalue weighted by Crippen LogP contribution is 2.39. The van der Waals surface area contributed by atoms with E-state index in [0.29, 0.717) is 4.88 Å². The van der Waals surface area contributed by atoms with E-state index in [9.17, 15) is 4.79 Å². The maximum atomic E-state index is 11.0. The largest absolute Gasteiger partial charge is 0.477 e. The molecule has 1 aliphatic rings. The monoisotopic (exact) mass is 280 g/mol. The summed E-state index contributed by atoms with van der Waals surface area (Å²) in [5.74, 6) is -0.854. The van der Waals surface area contributed by atoms with Gasteiger partial charge in [0.2, 0.25) is 0 Å². The fourth-order valence-electron chi connectivity index (χ4n) is 3.06. The number of hydrogen-bond donors (Lipinski definition) is 1. The Morgan fingerprint density at radius 3 is 2.55 bits per heavy atom. The number of benzene rings is 2. The Morgan fingerprint density at radius 2 is 1.80 bits per heavy atom. The Kier molecular flexibility index (Phi) is 2.44. The molecule has 20 heavy (non-hydrogen) atoms. The summed E-state index contributed by atoms with van der Waals surface area (Å²) in [6.45, 7) is 0. The van der Waals surface area contributed by atoms with Gasteiger partial charge in [0.05, 0.1) is 0 Å². The van der Waals surface area contributed by atoms with Crippen LogP contribution in [-0.2, 0) is 12.8 Å². The second-order valence-corrected chi connectivity index (χ2v) is 6.16. The van der Waals surface area contributed by atoms with Crippen molar-refractivity contribution in [2.75, 3.05) is 0 Å². The zero-order valence-electron chi connectivity index (χ0n) is 10.7. The number of thiophene rings is 1. The first-order valence-electron chi connectivity index (χ1n) is 6.61. The summed E-state index contributed by atoms with van der Waals surface area (Å²) >= 11 is 1.34. The Morgan fingerprint density at radius 1 is 1.00 bits per heavy atom. The van der Waals surface area contributed by atoms with Gasteiger partial charge >= 0.3 is 5.97 Å². The maximum absolute atomic E-state index is 11.0. The van der Waals surface area contributed by atoms with Gasteiger partial charge in [0, 0.05) is 4.88 Å². The third-order valence-electron chi connectivity index (χ3n) is 3.96. The topological polar surface area (TPSA) is 37.3 Å². The molecule has 2 nitrogen and oxygen atoms in total. The molecular weight excluding hydrogens is 268 g/mol. The van der Waals surface area contributed by atoms with Gasteiger partial charge in [-0.2, -0.15) is 0 Å². The lowest BCUT2D eigenvalue weighted by Crippen LogP contribution is -1.89. The third kappa shape index (κ3) is 1.60. The minimum atomic E-state index is -0.854. The van der Waals surface area contributed by atoms with Crippen LogP contribution in [0.2, 0.25) is 0 Å². The third-order valence-corrected chi connectivity index (χ3v) is 5.07. The lowest BCUT2D eigenvalue weighted by molar-refractivity contribution is 0.0702. The molecule has 3 heteroatoms. The van der Waals surface area contributed by atoms with Crippen molar-refractivity contribution in [3.63, 3.8) is 0 Å². The quantitative estimate of drug-likeness (QED) is 0.757. The van der Waals surface area contributed by atoms with Crippen molar-refractivity contribution in [1.82, 2.24) is 0 Å². The van der Waals surface area contributed by atoms with E-state index in [2.05, 4.69) is 30.3 Å². The molecular formula is C17H12O2S. The highest BCUT2D eigenvalue weighted by Gasteiger charge is 2.17. The Balaban J connectivity index is 1.99. The number of carboxylic acids is 1. The van der Waals surface area contributed by atoms with Crippen LogP contribution in [0.25, 0.3) is 21.2 Å². The number of aryl methyl sites for hydroxylation is 2. The molecule has 0 spiro atoms. The molecule has 0 radical (unpaired) electrons. The average Bonchev–Trinajstić information content (AvgIpc) is 3.08. The van der Waals surface area contributed by atoms with Crippen molar-refractivity contribution in [3.8, 4) is 10.4 Å². The second-order valence-electron chi connectivity index (χ2n) is 5.08. The van der Waals surface area contributed by atoms with E-state index < -0.39 is 5.97 Å². The first-order valence-corrected chi connectivity index (χ1v) is 7.42. The molecule has 0 atom stereocenters. The van der Waals surface area contributed by atoms with Crippen LogP contribution in [0, 0.1) is 0 Å². The molecule has 2 aromatic carbocycles. The van der Waals surface area contributed by atoms with Crippen molar-refractivity contribution in [1.29, 1.82) is 0 Å². The fourth-order valence-corrected chi connectivity index (χ4v) is 3.94. The summed E-state index contributed by atoms with van der Waals surface area (Å²) in [4.78, 5) is 12.5. The van der Waals surface area contributed by atoms with Crippen molar-refractivity contribution in [2.45, 2.75) is 12.8 Å². The van der Waals surface area contributed by atoms with E-state index in [-0.39, 0.29) is 0 Å². The van der Waals surface area contributed by atoms with E-state index in [0.717, 1.165) is 23.3 Å². The number of carboxylic acid groups (broad SMARTS) is 1. The molecule has 1 N–H and O–H groups in total. The van der Waals surface area contributed by atoms with Gasteiger partial charge in [-0.05, 0) is 52.4 Å². The summed E-state index contributed by atoms with van der Waals surface area (Å²) in [5, 5.41) is 11.7. The summed E-state index contributed by atoms with van der Waals surface area (Å²) in [6.07, 6.45) is 2.22. The molecule has 3 aromatic rings. The van der Waals surface area contributed by atoms with Crippen LogP contribution in [0.1, 0.15) is 20.8 Å². The van der Waals surface area contributed by atoms with Crippen molar-refractivity contribution >= 4 is 28.1 Å². The smallest absolute Gasteiger partial charge is 0.345 e. The maximum Gasteiger partial charge on any atom is 0.345 e. The molecule has 0 amide bonds. The SMILES string of the molecule is O=C(O)c1ccc(-c2ccc3c4c(cccc24)CC3)s1. The molecule has 98 valence electrons. The molecule has 0 saturated carbocycles. The summed E-state index contributed by atoms with van der Waals surface area (Å²) in [7, 11) is 0. The lowest BCUT2D eigenvalue weighted by Gasteiger charge is -2.07. The molecule has 1 heterocycles. The zero-order valence-corrected chi connectivity index (χ0v) is 11.5. The first kappa shape index (κ1) is 11.7. The van der Waals surface area contributed by atoms with Gasteiger partial charge < -0.3 is 5.11 Å². The van der Waals surface area contributed by atoms with Crippen LogP contribution in [-0.4, -0.2) is 11.1 Å². The molecule has 0 saturated heterocycles. The number of hydrogen-bond acceptors (Lipinski definition) is 2. The van der Waals surface area contributed by atoms with Crippen LogP contribution in [0.3, 0.4) is 0 Å². The lowest BCUT2D eigenvalue weighted by atomic mass is 9.99. The van der Waals surface area contributed by atoms with Gasteiger partial charge in [-0.15, -0.1) is 11.3 Å². The molecule has 1 aliphatic carbocycles. The van der Waals surface area contributed by atoms with Gasteiger partial charge in [-0.1, -0.05) is 30.3 Å². The first-order chi connectivity index (χ1) is 9.74. The highest BCUT2D eigenvalue weighted by atomic mass is 32.1. The van der Waals surface area contributed by atoms with Crippen LogP contribution in [0.15, 0.2) is 42.5 Å². The van der Waals surface area contributed by atoms with E-state index in [1.807, 2.05) is 6.07 Å². The van der Waals surface area contributed by atoms with Crippen LogP contribution >= 0.6 is 11.3 Å². The van der Waals surface area contributed by atoms with Gasteiger partial charge in [-0.3, -0.25) is 0 Å². The van der Waals surface area contributed by atoms with Gasteiger partial charge in [0.1, 0.15) is 4.88 Å². The highest BCUT2D eigenvalue weighted by molar-refractivity contribution is 7.17.